The number of hydrogen-bond acceptors (Lipinski definition) is 7. The van der Waals surface area contributed by atoms with Crippen LogP contribution in [0.3, 0.4) is 0 Å². The van der Waals surface area contributed by atoms with Gasteiger partial charge in [-0.1, -0.05) is 36.4 Å². The van der Waals surface area contributed by atoms with E-state index in [2.05, 4.69) is 25.4 Å². The van der Waals surface area contributed by atoms with Crippen LogP contribution in [-0.4, -0.2) is 24.7 Å². The van der Waals surface area contributed by atoms with Gasteiger partial charge in [0.15, 0.2) is 5.82 Å². The molecule has 2 aromatic carbocycles. The monoisotopic (exact) mass is 373 g/mol. The predicted octanol–water partition coefficient (Wildman–Crippen LogP) is 2.57. The van der Waals surface area contributed by atoms with E-state index in [1.165, 1.54) is 4.68 Å². The van der Waals surface area contributed by atoms with Crippen molar-refractivity contribution in [2.45, 2.75) is 20.4 Å². The molecule has 140 valence electrons. The van der Waals surface area contributed by atoms with Gasteiger partial charge in [-0.3, -0.25) is 4.79 Å². The summed E-state index contributed by atoms with van der Waals surface area (Å²) in [4.78, 5) is 25.5. The van der Waals surface area contributed by atoms with Crippen LogP contribution in [0.5, 0.6) is 0 Å². The Labute approximate surface area is 161 Å². The predicted molar refractivity (Wildman–Crippen MR) is 109 cm³/mol. The van der Waals surface area contributed by atoms with Crippen LogP contribution in [0.4, 0.5) is 17.6 Å². The molecule has 0 aliphatic rings. The smallest absolute Gasteiger partial charge is 0.275 e. The van der Waals surface area contributed by atoms with E-state index in [9.17, 15) is 4.79 Å². The van der Waals surface area contributed by atoms with E-state index >= 15 is 0 Å². The van der Waals surface area contributed by atoms with Crippen LogP contribution >= 0.6 is 0 Å². The first-order chi connectivity index (χ1) is 13.5. The number of nitrogens with two attached hydrogens (primary N) is 1. The molecule has 2 heterocycles. The van der Waals surface area contributed by atoms with Crippen LogP contribution < -0.4 is 16.6 Å². The van der Waals surface area contributed by atoms with Crippen molar-refractivity contribution in [1.82, 2.24) is 24.7 Å². The number of rotatable bonds is 4. The number of nitrogen functional groups attached to an aromatic ring is 1. The molecular weight excluding hydrogens is 354 g/mol. The van der Waals surface area contributed by atoms with Crippen molar-refractivity contribution >= 4 is 28.4 Å². The quantitative estimate of drug-likeness (QED) is 0.565. The second-order valence-corrected chi connectivity index (χ2v) is 6.47. The first-order valence-corrected chi connectivity index (χ1v) is 8.81. The third-order valence-corrected chi connectivity index (χ3v) is 4.43. The molecule has 0 aliphatic carbocycles. The third-order valence-electron chi connectivity index (χ3n) is 4.43. The molecule has 0 aliphatic heterocycles. The first-order valence-electron chi connectivity index (χ1n) is 8.81. The maximum Gasteiger partial charge on any atom is 0.275 e. The van der Waals surface area contributed by atoms with Gasteiger partial charge >= 0.3 is 0 Å². The highest BCUT2D eigenvalue weighted by Crippen LogP contribution is 2.18. The summed E-state index contributed by atoms with van der Waals surface area (Å²) in [7, 11) is 0. The van der Waals surface area contributed by atoms with Gasteiger partial charge in [-0.25, -0.2) is 4.68 Å². The lowest BCUT2D eigenvalue weighted by Gasteiger charge is -2.11. The van der Waals surface area contributed by atoms with E-state index in [1.54, 1.807) is 6.07 Å². The van der Waals surface area contributed by atoms with Gasteiger partial charge < -0.3 is 11.1 Å². The van der Waals surface area contributed by atoms with Crippen molar-refractivity contribution in [3.05, 3.63) is 76.0 Å². The number of nitrogens with zero attached hydrogens (tertiary/aromatic N) is 5. The molecule has 0 radical (unpaired) electrons. The molecule has 28 heavy (non-hydrogen) atoms. The van der Waals surface area contributed by atoms with Crippen molar-refractivity contribution in [2.24, 2.45) is 0 Å². The zero-order chi connectivity index (χ0) is 19.7. The fourth-order valence-corrected chi connectivity index (χ4v) is 3.04. The fourth-order valence-electron chi connectivity index (χ4n) is 3.04. The van der Waals surface area contributed by atoms with Crippen LogP contribution in [0.25, 0.3) is 10.8 Å². The van der Waals surface area contributed by atoms with Crippen molar-refractivity contribution in [1.29, 1.82) is 0 Å². The summed E-state index contributed by atoms with van der Waals surface area (Å²) < 4.78 is 1.35. The van der Waals surface area contributed by atoms with Gasteiger partial charge in [0.2, 0.25) is 11.9 Å². The average Bonchev–Trinajstić information content (AvgIpc) is 2.67. The first kappa shape index (κ1) is 17.6. The number of para-hydroxylation sites is 1. The molecule has 8 nitrogen and oxygen atoms in total. The Balaban J connectivity index is 1.70. The largest absolute Gasteiger partial charge is 0.368 e. The molecule has 0 bridgehead atoms. The third kappa shape index (κ3) is 3.39. The van der Waals surface area contributed by atoms with E-state index < -0.39 is 0 Å². The molecule has 4 rings (SSSR count). The standard InChI is InChI=1S/C20H19N7O/c1-12-7-3-6-10-16(12)22-20-24-17(23-19(21)25-20)11-27-18(28)15-9-5-4-8-14(15)13(2)26-27/h3-10H,11H2,1-2H3,(H3,21,22,23,24,25). The van der Waals surface area contributed by atoms with Crippen molar-refractivity contribution in [2.75, 3.05) is 11.1 Å². The highest BCUT2D eigenvalue weighted by atomic mass is 16.1. The van der Waals surface area contributed by atoms with Gasteiger partial charge in [0, 0.05) is 11.1 Å². The van der Waals surface area contributed by atoms with Crippen LogP contribution in [0, 0.1) is 13.8 Å². The van der Waals surface area contributed by atoms with Gasteiger partial charge in [0.1, 0.15) is 6.54 Å². The zero-order valence-electron chi connectivity index (χ0n) is 15.5. The van der Waals surface area contributed by atoms with Gasteiger partial charge in [0.25, 0.3) is 5.56 Å². The summed E-state index contributed by atoms with van der Waals surface area (Å²) in [6, 6.07) is 15.2. The number of hydrogen-bond donors (Lipinski definition) is 2. The number of nitrogens with one attached hydrogen (secondary N) is 1. The number of benzene rings is 2. The molecule has 0 saturated carbocycles. The second-order valence-electron chi connectivity index (χ2n) is 6.47. The molecule has 4 aromatic rings. The summed E-state index contributed by atoms with van der Waals surface area (Å²) in [5.41, 5.74) is 8.33. The van der Waals surface area contributed by atoms with Crippen molar-refractivity contribution in [3.8, 4) is 0 Å². The summed E-state index contributed by atoms with van der Waals surface area (Å²) in [6.07, 6.45) is 0. The number of aryl methyl sites for hydroxylation is 2. The Kier molecular flexibility index (Phi) is 4.44. The van der Waals surface area contributed by atoms with Crippen molar-refractivity contribution < 1.29 is 0 Å². The lowest BCUT2D eigenvalue weighted by molar-refractivity contribution is 0.612. The molecule has 3 N–H and O–H groups in total. The van der Waals surface area contributed by atoms with E-state index in [4.69, 9.17) is 5.73 Å². The van der Waals surface area contributed by atoms with E-state index in [0.29, 0.717) is 17.2 Å². The number of aromatic nitrogens is 5. The lowest BCUT2D eigenvalue weighted by Crippen LogP contribution is -2.26. The molecule has 0 saturated heterocycles. The topological polar surface area (TPSA) is 112 Å². The molecule has 0 fully saturated rings. The molecule has 0 spiro atoms. The summed E-state index contributed by atoms with van der Waals surface area (Å²) in [6.45, 7) is 3.94. The van der Waals surface area contributed by atoms with Crippen molar-refractivity contribution in [3.63, 3.8) is 0 Å². The Hall–Kier alpha value is -3.81. The Bertz CT molecular complexity index is 1230. The van der Waals surface area contributed by atoms with Crippen LogP contribution in [0.1, 0.15) is 17.1 Å². The Morgan fingerprint density at radius 3 is 2.46 bits per heavy atom. The fraction of sp³-hybridized carbons (Fsp3) is 0.150. The highest BCUT2D eigenvalue weighted by Gasteiger charge is 2.11. The molecular formula is C20H19N7O. The minimum Gasteiger partial charge on any atom is -0.368 e. The van der Waals surface area contributed by atoms with Gasteiger partial charge in [-0.05, 0) is 31.5 Å². The van der Waals surface area contributed by atoms with Gasteiger partial charge in [-0.2, -0.15) is 20.1 Å². The van der Waals surface area contributed by atoms with E-state index in [0.717, 1.165) is 22.3 Å². The number of anilines is 3. The van der Waals surface area contributed by atoms with E-state index in [-0.39, 0.29) is 18.1 Å². The van der Waals surface area contributed by atoms with Gasteiger partial charge in [-0.15, -0.1) is 0 Å². The SMILES string of the molecule is Cc1ccccc1Nc1nc(N)nc(Cn2nc(C)c3ccccc3c2=O)n1. The normalized spacial score (nSPS) is 10.9. The summed E-state index contributed by atoms with van der Waals surface area (Å²) in [5.74, 6) is 0.752. The minimum atomic E-state index is -0.200. The number of fused-ring (bicyclic) bond motifs is 1. The Morgan fingerprint density at radius 1 is 0.964 bits per heavy atom. The minimum absolute atomic E-state index is 0.0756. The average molecular weight is 373 g/mol. The maximum absolute atomic E-state index is 12.8. The Morgan fingerprint density at radius 2 is 1.68 bits per heavy atom. The van der Waals surface area contributed by atoms with Crippen LogP contribution in [-0.2, 0) is 6.54 Å². The zero-order valence-corrected chi connectivity index (χ0v) is 15.5. The molecule has 8 heteroatoms. The maximum atomic E-state index is 12.8. The molecule has 2 aromatic heterocycles. The molecule has 0 atom stereocenters. The van der Waals surface area contributed by atoms with E-state index in [1.807, 2.05) is 56.3 Å². The summed E-state index contributed by atoms with van der Waals surface area (Å²) >= 11 is 0. The second kappa shape index (κ2) is 7.07. The van der Waals surface area contributed by atoms with Crippen LogP contribution in [0.2, 0.25) is 0 Å². The lowest BCUT2D eigenvalue weighted by atomic mass is 10.1. The highest BCUT2D eigenvalue weighted by molar-refractivity contribution is 5.83. The van der Waals surface area contributed by atoms with Gasteiger partial charge in [0.05, 0.1) is 11.1 Å². The molecule has 0 amide bonds. The molecule has 0 unspecified atom stereocenters. The summed E-state index contributed by atoms with van der Waals surface area (Å²) in [5, 5.41) is 8.98. The van der Waals surface area contributed by atoms with Crippen LogP contribution in [0.15, 0.2) is 53.3 Å².